The number of rotatable bonds is 3. The monoisotopic (exact) mass is 308 g/mol. The first-order valence-electron chi connectivity index (χ1n) is 6.13. The number of nitrogen functional groups attached to an aromatic ring is 1. The minimum absolute atomic E-state index is 0.0719. The molecule has 0 fully saturated rings. The summed E-state index contributed by atoms with van der Waals surface area (Å²) in [5, 5.41) is -0.0719. The fourth-order valence-corrected chi connectivity index (χ4v) is 2.17. The summed E-state index contributed by atoms with van der Waals surface area (Å²) in [4.78, 5) is 11.2. The molecule has 0 aliphatic carbocycles. The van der Waals surface area contributed by atoms with E-state index in [2.05, 4.69) is 0 Å². The van der Waals surface area contributed by atoms with Gasteiger partial charge in [-0.05, 0) is 43.2 Å². The topological polar surface area (TPSA) is 78.3 Å². The molecule has 0 saturated heterocycles. The number of nitrogens with two attached hydrogens (primary N) is 2. The quantitative estimate of drug-likeness (QED) is 0.851. The molecule has 2 aromatic carbocycles. The van der Waals surface area contributed by atoms with Crippen molar-refractivity contribution in [1.82, 2.24) is 0 Å². The minimum atomic E-state index is -0.620. The Morgan fingerprint density at radius 2 is 1.76 bits per heavy atom. The minimum Gasteiger partial charge on any atom is -0.455 e. The van der Waals surface area contributed by atoms with Crippen molar-refractivity contribution in [2.75, 3.05) is 5.73 Å². The maximum Gasteiger partial charge on any atom is 0.248 e. The summed E-state index contributed by atoms with van der Waals surface area (Å²) in [6.07, 6.45) is 0. The van der Waals surface area contributed by atoms with E-state index in [9.17, 15) is 9.18 Å². The predicted molar refractivity (Wildman–Crippen MR) is 80.3 cm³/mol. The van der Waals surface area contributed by atoms with Gasteiger partial charge in [0.15, 0.2) is 5.75 Å². The Morgan fingerprint density at radius 1 is 1.19 bits per heavy atom. The number of amides is 1. The van der Waals surface area contributed by atoms with Gasteiger partial charge < -0.3 is 16.2 Å². The summed E-state index contributed by atoms with van der Waals surface area (Å²) < 4.78 is 19.2. The lowest BCUT2D eigenvalue weighted by atomic mass is 10.1. The molecular weight excluding hydrogens is 295 g/mol. The zero-order chi connectivity index (χ0) is 15.7. The molecule has 4 nitrogen and oxygen atoms in total. The third-order valence-corrected chi connectivity index (χ3v) is 3.30. The normalized spacial score (nSPS) is 10.5. The standard InChI is InChI=1S/C15H14ClFN2O2/c1-7-3-9(15(19)20)4-8(2)14(7)21-13-6-11(17)10(16)5-12(13)18/h3-6H,18H2,1-2H3,(H2,19,20). The number of anilines is 1. The van der Waals surface area contributed by atoms with Gasteiger partial charge in [-0.15, -0.1) is 0 Å². The summed E-state index contributed by atoms with van der Waals surface area (Å²) in [5.41, 5.74) is 13.0. The van der Waals surface area contributed by atoms with Gasteiger partial charge >= 0.3 is 0 Å². The zero-order valence-electron chi connectivity index (χ0n) is 11.5. The van der Waals surface area contributed by atoms with Gasteiger partial charge in [0.05, 0.1) is 10.7 Å². The van der Waals surface area contributed by atoms with E-state index in [4.69, 9.17) is 27.8 Å². The highest BCUT2D eigenvalue weighted by Gasteiger charge is 2.13. The molecular formula is C15H14ClFN2O2. The van der Waals surface area contributed by atoms with Crippen LogP contribution < -0.4 is 16.2 Å². The maximum atomic E-state index is 13.5. The summed E-state index contributed by atoms with van der Waals surface area (Å²) in [7, 11) is 0. The van der Waals surface area contributed by atoms with E-state index < -0.39 is 11.7 Å². The number of halogens is 2. The Morgan fingerprint density at radius 3 is 2.29 bits per heavy atom. The first kappa shape index (κ1) is 15.1. The van der Waals surface area contributed by atoms with Gasteiger partial charge in [-0.2, -0.15) is 0 Å². The third-order valence-electron chi connectivity index (χ3n) is 3.01. The van der Waals surface area contributed by atoms with Crippen LogP contribution in [0.25, 0.3) is 0 Å². The number of ether oxygens (including phenoxy) is 1. The first-order valence-corrected chi connectivity index (χ1v) is 6.51. The van der Waals surface area contributed by atoms with Crippen molar-refractivity contribution >= 4 is 23.2 Å². The van der Waals surface area contributed by atoms with Crippen LogP contribution in [0.5, 0.6) is 11.5 Å². The van der Waals surface area contributed by atoms with Gasteiger partial charge in [-0.25, -0.2) is 4.39 Å². The van der Waals surface area contributed by atoms with Gasteiger partial charge in [-0.1, -0.05) is 11.6 Å². The van der Waals surface area contributed by atoms with E-state index in [-0.39, 0.29) is 16.5 Å². The average molecular weight is 309 g/mol. The molecule has 1 amide bonds. The second kappa shape index (κ2) is 5.61. The lowest BCUT2D eigenvalue weighted by Crippen LogP contribution is -2.11. The van der Waals surface area contributed by atoms with Crippen LogP contribution in [-0.4, -0.2) is 5.91 Å². The van der Waals surface area contributed by atoms with Crippen molar-refractivity contribution in [1.29, 1.82) is 0 Å². The number of hydrogen-bond donors (Lipinski definition) is 2. The highest BCUT2D eigenvalue weighted by atomic mass is 35.5. The largest absolute Gasteiger partial charge is 0.455 e. The van der Waals surface area contributed by atoms with Crippen LogP contribution in [0, 0.1) is 19.7 Å². The Hall–Kier alpha value is -2.27. The van der Waals surface area contributed by atoms with Gasteiger partial charge in [0.25, 0.3) is 0 Å². The first-order chi connectivity index (χ1) is 9.79. The molecule has 0 spiro atoms. The van der Waals surface area contributed by atoms with Gasteiger partial charge in [0.2, 0.25) is 5.91 Å². The van der Waals surface area contributed by atoms with Crippen LogP contribution in [0.3, 0.4) is 0 Å². The molecule has 0 saturated carbocycles. The number of primary amides is 1. The number of benzene rings is 2. The molecule has 6 heteroatoms. The van der Waals surface area contributed by atoms with Crippen molar-refractivity contribution in [3.63, 3.8) is 0 Å². The second-order valence-corrected chi connectivity index (χ2v) is 5.12. The van der Waals surface area contributed by atoms with E-state index in [0.717, 1.165) is 6.07 Å². The van der Waals surface area contributed by atoms with Gasteiger partial charge in [0.1, 0.15) is 11.6 Å². The lowest BCUT2D eigenvalue weighted by molar-refractivity contribution is 0.1000. The summed E-state index contributed by atoms with van der Waals surface area (Å²) >= 11 is 5.65. The lowest BCUT2D eigenvalue weighted by Gasteiger charge is -2.14. The van der Waals surface area contributed by atoms with Crippen LogP contribution in [0.2, 0.25) is 5.02 Å². The molecule has 2 rings (SSSR count). The summed E-state index contributed by atoms with van der Waals surface area (Å²) in [6.45, 7) is 3.52. The molecule has 0 atom stereocenters. The molecule has 21 heavy (non-hydrogen) atoms. The number of carbonyl (C=O) groups excluding carboxylic acids is 1. The predicted octanol–water partition coefficient (Wildman–Crippen LogP) is 3.57. The van der Waals surface area contributed by atoms with Crippen LogP contribution in [0.4, 0.5) is 10.1 Å². The number of hydrogen-bond acceptors (Lipinski definition) is 3. The van der Waals surface area contributed by atoms with Crippen molar-refractivity contribution < 1.29 is 13.9 Å². The van der Waals surface area contributed by atoms with Gasteiger partial charge in [0, 0.05) is 11.6 Å². The Kier molecular flexibility index (Phi) is 4.04. The number of aryl methyl sites for hydroxylation is 2. The van der Waals surface area contributed by atoms with Crippen LogP contribution in [0.15, 0.2) is 24.3 Å². The molecule has 0 bridgehead atoms. The third kappa shape index (κ3) is 3.08. The molecule has 0 radical (unpaired) electrons. The van der Waals surface area contributed by atoms with Crippen molar-refractivity contribution in [2.45, 2.75) is 13.8 Å². The second-order valence-electron chi connectivity index (χ2n) is 4.71. The van der Waals surface area contributed by atoms with Crippen molar-refractivity contribution in [3.05, 3.63) is 51.8 Å². The summed E-state index contributed by atoms with van der Waals surface area (Å²) in [6, 6.07) is 5.62. The number of carbonyl (C=O) groups is 1. The summed E-state index contributed by atoms with van der Waals surface area (Å²) in [5.74, 6) is -0.488. The highest BCUT2D eigenvalue weighted by Crippen LogP contribution is 2.35. The molecule has 110 valence electrons. The molecule has 0 aromatic heterocycles. The van der Waals surface area contributed by atoms with E-state index >= 15 is 0 Å². The fraction of sp³-hybridized carbons (Fsp3) is 0.133. The molecule has 0 heterocycles. The molecule has 0 aliphatic heterocycles. The maximum absolute atomic E-state index is 13.5. The molecule has 4 N–H and O–H groups in total. The molecule has 0 aliphatic rings. The fourth-order valence-electron chi connectivity index (χ4n) is 2.00. The Labute approximate surface area is 126 Å². The van der Waals surface area contributed by atoms with Crippen molar-refractivity contribution in [3.8, 4) is 11.5 Å². The smallest absolute Gasteiger partial charge is 0.248 e. The average Bonchev–Trinajstić information content (AvgIpc) is 2.39. The van der Waals surface area contributed by atoms with E-state index in [1.807, 2.05) is 0 Å². The van der Waals surface area contributed by atoms with Crippen LogP contribution >= 0.6 is 11.6 Å². The van der Waals surface area contributed by atoms with Crippen molar-refractivity contribution in [2.24, 2.45) is 5.73 Å². The van der Waals surface area contributed by atoms with E-state index in [0.29, 0.717) is 22.4 Å². The molecule has 0 unspecified atom stereocenters. The van der Waals surface area contributed by atoms with Crippen LogP contribution in [0.1, 0.15) is 21.5 Å². The van der Waals surface area contributed by atoms with Crippen LogP contribution in [-0.2, 0) is 0 Å². The van der Waals surface area contributed by atoms with E-state index in [1.165, 1.54) is 6.07 Å². The zero-order valence-corrected chi connectivity index (χ0v) is 12.3. The van der Waals surface area contributed by atoms with Gasteiger partial charge in [-0.3, -0.25) is 4.79 Å². The Bertz CT molecular complexity index is 709. The highest BCUT2D eigenvalue weighted by molar-refractivity contribution is 6.31. The van der Waals surface area contributed by atoms with E-state index in [1.54, 1.807) is 26.0 Å². The SMILES string of the molecule is Cc1cc(C(N)=O)cc(C)c1Oc1cc(F)c(Cl)cc1N. The molecule has 2 aromatic rings. The Balaban J connectivity index is 2.45.